The van der Waals surface area contributed by atoms with Crippen LogP contribution in [0.25, 0.3) is 0 Å². The number of hydrogen-bond acceptors (Lipinski definition) is 2. The second-order valence-electron chi connectivity index (χ2n) is 6.25. The van der Waals surface area contributed by atoms with Gasteiger partial charge in [0.2, 0.25) is 5.91 Å². The van der Waals surface area contributed by atoms with Crippen molar-refractivity contribution in [1.29, 1.82) is 0 Å². The Bertz CT molecular complexity index is 292. The molecule has 2 rings (SSSR count). The van der Waals surface area contributed by atoms with Crippen molar-refractivity contribution in [3.8, 4) is 0 Å². The van der Waals surface area contributed by atoms with E-state index in [-0.39, 0.29) is 12.0 Å². The van der Waals surface area contributed by atoms with Crippen molar-refractivity contribution in [2.24, 2.45) is 23.5 Å². The van der Waals surface area contributed by atoms with E-state index in [0.29, 0.717) is 23.8 Å². The fourth-order valence-corrected chi connectivity index (χ4v) is 3.51. The molecule has 2 N–H and O–H groups in total. The molecule has 0 bridgehead atoms. The molecule has 98 valence electrons. The quantitative estimate of drug-likeness (QED) is 0.759. The molecule has 1 saturated heterocycles. The molecular formula is C14H26N2O. The molecule has 0 aromatic carbocycles. The van der Waals surface area contributed by atoms with Crippen molar-refractivity contribution in [2.75, 3.05) is 6.54 Å². The minimum atomic E-state index is 0.0925. The normalized spacial score (nSPS) is 42.8. The second kappa shape index (κ2) is 4.97. The number of nitrogens with zero attached hydrogens (tertiary/aromatic N) is 1. The zero-order valence-corrected chi connectivity index (χ0v) is 11.4. The summed E-state index contributed by atoms with van der Waals surface area (Å²) in [6.45, 7) is 7.62. The monoisotopic (exact) mass is 238 g/mol. The molecule has 1 aliphatic carbocycles. The number of carbonyl (C=O) groups is 1. The molecule has 0 spiro atoms. The van der Waals surface area contributed by atoms with Gasteiger partial charge < -0.3 is 10.6 Å². The summed E-state index contributed by atoms with van der Waals surface area (Å²) in [6.07, 6.45) is 4.36. The molecule has 1 heterocycles. The maximum atomic E-state index is 12.6. The molecule has 2 aliphatic rings. The summed E-state index contributed by atoms with van der Waals surface area (Å²) in [7, 11) is 0. The summed E-state index contributed by atoms with van der Waals surface area (Å²) in [5.74, 6) is 1.65. The van der Waals surface area contributed by atoms with Gasteiger partial charge in [-0.05, 0) is 38.0 Å². The molecule has 5 unspecified atom stereocenters. The van der Waals surface area contributed by atoms with Gasteiger partial charge in [-0.15, -0.1) is 0 Å². The number of rotatable bonds is 1. The van der Waals surface area contributed by atoms with Crippen molar-refractivity contribution in [3.63, 3.8) is 0 Å². The topological polar surface area (TPSA) is 46.3 Å². The molecule has 2 fully saturated rings. The van der Waals surface area contributed by atoms with Crippen LogP contribution in [0.15, 0.2) is 0 Å². The van der Waals surface area contributed by atoms with E-state index < -0.39 is 0 Å². The standard InChI is InChI=1S/C14H26N2O/c1-9-7-10(2)11(3)16(8-9)14(17)12-5-4-6-13(12)15/h9-13H,4-8,15H2,1-3H3. The van der Waals surface area contributed by atoms with Gasteiger partial charge in [-0.2, -0.15) is 0 Å². The Morgan fingerprint density at radius 2 is 1.94 bits per heavy atom. The average molecular weight is 238 g/mol. The molecule has 3 heteroatoms. The third-order valence-electron chi connectivity index (χ3n) is 4.77. The van der Waals surface area contributed by atoms with E-state index in [1.165, 1.54) is 6.42 Å². The SMILES string of the molecule is CC1CC(C)C(C)N(C(=O)C2CCCC2N)C1. The summed E-state index contributed by atoms with van der Waals surface area (Å²) in [5.41, 5.74) is 6.05. The van der Waals surface area contributed by atoms with Crippen molar-refractivity contribution in [2.45, 2.75) is 58.5 Å². The predicted molar refractivity (Wildman–Crippen MR) is 69.4 cm³/mol. The lowest BCUT2D eigenvalue weighted by atomic mass is 9.85. The summed E-state index contributed by atoms with van der Waals surface area (Å²) in [4.78, 5) is 14.7. The highest BCUT2D eigenvalue weighted by atomic mass is 16.2. The van der Waals surface area contributed by atoms with Crippen LogP contribution in [0.4, 0.5) is 0 Å². The minimum absolute atomic E-state index is 0.0925. The molecule has 1 amide bonds. The molecule has 0 aromatic heterocycles. The number of hydrogen-bond donors (Lipinski definition) is 1. The van der Waals surface area contributed by atoms with Crippen LogP contribution in [-0.2, 0) is 4.79 Å². The Hall–Kier alpha value is -0.570. The third kappa shape index (κ3) is 2.49. The van der Waals surface area contributed by atoms with Crippen molar-refractivity contribution >= 4 is 5.91 Å². The fourth-order valence-electron chi connectivity index (χ4n) is 3.51. The first-order valence-corrected chi connectivity index (χ1v) is 7.06. The second-order valence-corrected chi connectivity index (χ2v) is 6.25. The van der Waals surface area contributed by atoms with Crippen molar-refractivity contribution < 1.29 is 4.79 Å². The Kier molecular flexibility index (Phi) is 3.76. The fraction of sp³-hybridized carbons (Fsp3) is 0.929. The molecule has 3 nitrogen and oxygen atoms in total. The number of carbonyl (C=O) groups excluding carboxylic acids is 1. The van der Waals surface area contributed by atoms with Gasteiger partial charge in [0.25, 0.3) is 0 Å². The first-order valence-electron chi connectivity index (χ1n) is 7.06. The maximum absolute atomic E-state index is 12.6. The van der Waals surface area contributed by atoms with Gasteiger partial charge in [-0.1, -0.05) is 20.3 Å². The number of likely N-dealkylation sites (tertiary alicyclic amines) is 1. The van der Waals surface area contributed by atoms with Crippen molar-refractivity contribution in [1.82, 2.24) is 4.90 Å². The molecule has 0 radical (unpaired) electrons. The highest BCUT2D eigenvalue weighted by Crippen LogP contribution is 2.32. The Morgan fingerprint density at radius 1 is 1.24 bits per heavy atom. The van der Waals surface area contributed by atoms with Crippen LogP contribution in [0.3, 0.4) is 0 Å². The van der Waals surface area contributed by atoms with Crippen LogP contribution in [-0.4, -0.2) is 29.4 Å². The zero-order valence-electron chi connectivity index (χ0n) is 11.4. The molecule has 5 atom stereocenters. The first kappa shape index (κ1) is 12.9. The summed E-state index contributed by atoms with van der Waals surface area (Å²) >= 11 is 0. The van der Waals surface area contributed by atoms with Gasteiger partial charge in [0.05, 0.1) is 5.92 Å². The highest BCUT2D eigenvalue weighted by molar-refractivity contribution is 5.80. The molecule has 0 aromatic rings. The molecule has 1 saturated carbocycles. The van der Waals surface area contributed by atoms with Crippen LogP contribution in [0, 0.1) is 17.8 Å². The van der Waals surface area contributed by atoms with E-state index in [1.807, 2.05) is 0 Å². The smallest absolute Gasteiger partial charge is 0.227 e. The van der Waals surface area contributed by atoms with E-state index in [4.69, 9.17) is 5.73 Å². The molecule has 17 heavy (non-hydrogen) atoms. The highest BCUT2D eigenvalue weighted by Gasteiger charge is 2.38. The zero-order chi connectivity index (χ0) is 12.6. The van der Waals surface area contributed by atoms with Gasteiger partial charge in [0.1, 0.15) is 0 Å². The lowest BCUT2D eigenvalue weighted by Gasteiger charge is -2.42. The predicted octanol–water partition coefficient (Wildman–Crippen LogP) is 2.01. The number of amides is 1. The van der Waals surface area contributed by atoms with E-state index in [1.54, 1.807) is 0 Å². The average Bonchev–Trinajstić information content (AvgIpc) is 2.69. The van der Waals surface area contributed by atoms with Crippen LogP contribution in [0.2, 0.25) is 0 Å². The van der Waals surface area contributed by atoms with Crippen LogP contribution >= 0.6 is 0 Å². The van der Waals surface area contributed by atoms with Crippen LogP contribution in [0.5, 0.6) is 0 Å². The van der Waals surface area contributed by atoms with E-state index in [9.17, 15) is 4.79 Å². The van der Waals surface area contributed by atoms with Crippen LogP contribution < -0.4 is 5.73 Å². The van der Waals surface area contributed by atoms with Gasteiger partial charge in [0.15, 0.2) is 0 Å². The van der Waals surface area contributed by atoms with Gasteiger partial charge in [0, 0.05) is 18.6 Å². The van der Waals surface area contributed by atoms with Gasteiger partial charge in [-0.3, -0.25) is 4.79 Å². The van der Waals surface area contributed by atoms with E-state index in [0.717, 1.165) is 25.8 Å². The third-order valence-corrected chi connectivity index (χ3v) is 4.77. The summed E-state index contributed by atoms with van der Waals surface area (Å²) in [6, 6.07) is 0.480. The largest absolute Gasteiger partial charge is 0.339 e. The van der Waals surface area contributed by atoms with Gasteiger partial charge >= 0.3 is 0 Å². The maximum Gasteiger partial charge on any atom is 0.227 e. The Balaban J connectivity index is 2.07. The van der Waals surface area contributed by atoms with Crippen LogP contribution in [0.1, 0.15) is 46.5 Å². The Labute approximate surface area is 105 Å². The lowest BCUT2D eigenvalue weighted by Crippen LogP contribution is -2.52. The molecular weight excluding hydrogens is 212 g/mol. The number of piperidine rings is 1. The summed E-state index contributed by atoms with van der Waals surface area (Å²) < 4.78 is 0. The number of nitrogens with two attached hydrogens (primary N) is 1. The van der Waals surface area contributed by atoms with E-state index >= 15 is 0 Å². The van der Waals surface area contributed by atoms with E-state index in [2.05, 4.69) is 25.7 Å². The summed E-state index contributed by atoms with van der Waals surface area (Å²) in [5, 5.41) is 0. The first-order chi connectivity index (χ1) is 8.00. The van der Waals surface area contributed by atoms with Gasteiger partial charge in [-0.25, -0.2) is 0 Å². The minimum Gasteiger partial charge on any atom is -0.339 e. The Morgan fingerprint density at radius 3 is 2.53 bits per heavy atom. The molecule has 1 aliphatic heterocycles. The lowest BCUT2D eigenvalue weighted by molar-refractivity contribution is -0.141. The van der Waals surface area contributed by atoms with Crippen molar-refractivity contribution in [3.05, 3.63) is 0 Å².